The fourth-order valence-electron chi connectivity index (χ4n) is 3.96. The highest BCUT2D eigenvalue weighted by Gasteiger charge is 2.35. The van der Waals surface area contributed by atoms with E-state index in [9.17, 15) is 9.59 Å². The molecule has 1 unspecified atom stereocenters. The van der Waals surface area contributed by atoms with E-state index < -0.39 is 12.0 Å². The van der Waals surface area contributed by atoms with Crippen LogP contribution in [0.5, 0.6) is 5.75 Å². The van der Waals surface area contributed by atoms with Crippen molar-refractivity contribution < 1.29 is 24.0 Å². The number of methoxy groups -OCH3 is 2. The lowest BCUT2D eigenvalue weighted by Crippen LogP contribution is -3.14. The fraction of sp³-hybridized carbons (Fsp3) is 0.500. The minimum atomic E-state index is -0.547. The zero-order valence-corrected chi connectivity index (χ0v) is 16.1. The van der Waals surface area contributed by atoms with E-state index in [1.165, 1.54) is 18.4 Å². The quantitative estimate of drug-likeness (QED) is 0.666. The van der Waals surface area contributed by atoms with Crippen LogP contribution in [0.2, 0.25) is 0 Å². The standard InChI is InChI=1S/C20H27N3O4/c1-13-5-4-10-23(11-13)12-16-17(19(24)27-3)18(22-20(25)21-16)14-6-8-15(26-2)9-7-14/h6-9,13,18H,4-5,10-12H2,1-3H3,(H2,21,22,25)/p+1/t13-,18+/m1/s1. The summed E-state index contributed by atoms with van der Waals surface area (Å²) in [5.41, 5.74) is 1.93. The van der Waals surface area contributed by atoms with Crippen molar-refractivity contribution in [3.63, 3.8) is 0 Å². The van der Waals surface area contributed by atoms with Crippen LogP contribution in [0.4, 0.5) is 4.79 Å². The van der Waals surface area contributed by atoms with Crippen molar-refractivity contribution in [2.24, 2.45) is 5.92 Å². The number of carbonyl (C=O) groups is 2. The van der Waals surface area contributed by atoms with Crippen LogP contribution in [-0.2, 0) is 9.53 Å². The molecule has 1 fully saturated rings. The lowest BCUT2D eigenvalue weighted by Gasteiger charge is -2.33. The van der Waals surface area contributed by atoms with Gasteiger partial charge < -0.3 is 25.0 Å². The summed E-state index contributed by atoms with van der Waals surface area (Å²) in [5, 5.41) is 5.70. The van der Waals surface area contributed by atoms with Gasteiger partial charge in [-0.2, -0.15) is 0 Å². The number of benzene rings is 1. The first-order valence-corrected chi connectivity index (χ1v) is 9.38. The van der Waals surface area contributed by atoms with Crippen LogP contribution in [0.15, 0.2) is 35.5 Å². The molecule has 3 atom stereocenters. The maximum absolute atomic E-state index is 12.6. The lowest BCUT2D eigenvalue weighted by atomic mass is 9.94. The van der Waals surface area contributed by atoms with Crippen LogP contribution in [0, 0.1) is 5.92 Å². The largest absolute Gasteiger partial charge is 0.497 e. The lowest BCUT2D eigenvalue weighted by molar-refractivity contribution is -0.904. The van der Waals surface area contributed by atoms with Crippen molar-refractivity contribution >= 4 is 12.0 Å². The Morgan fingerprint density at radius 2 is 2.00 bits per heavy atom. The van der Waals surface area contributed by atoms with E-state index in [1.807, 2.05) is 24.3 Å². The third-order valence-electron chi connectivity index (χ3n) is 5.30. The molecule has 0 bridgehead atoms. The molecular formula is C20H28N3O4+. The number of ether oxygens (including phenoxy) is 2. The number of amides is 2. The Labute approximate surface area is 159 Å². The van der Waals surface area contributed by atoms with Gasteiger partial charge >= 0.3 is 12.0 Å². The maximum atomic E-state index is 12.6. The fourth-order valence-corrected chi connectivity index (χ4v) is 3.96. The molecule has 3 N–H and O–H groups in total. The molecule has 0 radical (unpaired) electrons. The molecule has 146 valence electrons. The molecule has 1 aromatic rings. The second-order valence-corrected chi connectivity index (χ2v) is 7.32. The molecule has 27 heavy (non-hydrogen) atoms. The number of likely N-dealkylation sites (tertiary alicyclic amines) is 1. The number of rotatable bonds is 5. The van der Waals surface area contributed by atoms with Gasteiger partial charge in [0.1, 0.15) is 12.3 Å². The van der Waals surface area contributed by atoms with Crippen molar-refractivity contribution in [1.29, 1.82) is 0 Å². The molecular weight excluding hydrogens is 346 g/mol. The average molecular weight is 374 g/mol. The van der Waals surface area contributed by atoms with E-state index in [-0.39, 0.29) is 6.03 Å². The summed E-state index contributed by atoms with van der Waals surface area (Å²) < 4.78 is 10.2. The number of esters is 1. The summed E-state index contributed by atoms with van der Waals surface area (Å²) in [7, 11) is 2.96. The normalized spacial score (nSPS) is 25.4. The Morgan fingerprint density at radius 1 is 1.26 bits per heavy atom. The smallest absolute Gasteiger partial charge is 0.338 e. The highest BCUT2D eigenvalue weighted by molar-refractivity contribution is 5.95. The molecule has 2 aliphatic heterocycles. The highest BCUT2D eigenvalue weighted by atomic mass is 16.5. The first-order chi connectivity index (χ1) is 13.0. The van der Waals surface area contributed by atoms with Crippen LogP contribution in [-0.4, -0.2) is 45.9 Å². The van der Waals surface area contributed by atoms with Crippen LogP contribution in [0.25, 0.3) is 0 Å². The highest BCUT2D eigenvalue weighted by Crippen LogP contribution is 2.28. The first kappa shape index (κ1) is 19.2. The SMILES string of the molecule is COC(=O)C1=C(C[NH+]2CCC[C@@H](C)C2)NC(=O)N[C@H]1c1ccc(OC)cc1. The Bertz CT molecular complexity index is 729. The number of quaternary nitrogens is 1. The summed E-state index contributed by atoms with van der Waals surface area (Å²) in [4.78, 5) is 26.3. The number of hydrogen-bond donors (Lipinski definition) is 3. The molecule has 3 rings (SSSR count). The molecule has 0 aromatic heterocycles. The number of nitrogens with one attached hydrogen (secondary N) is 3. The van der Waals surface area contributed by atoms with Gasteiger partial charge in [0, 0.05) is 5.92 Å². The molecule has 1 aromatic carbocycles. The van der Waals surface area contributed by atoms with Gasteiger partial charge in [0.25, 0.3) is 0 Å². The molecule has 1 saturated heterocycles. The molecule has 0 aliphatic carbocycles. The summed E-state index contributed by atoms with van der Waals surface area (Å²) in [6.07, 6.45) is 2.39. The van der Waals surface area contributed by atoms with Gasteiger partial charge in [-0.25, -0.2) is 9.59 Å². The molecule has 2 heterocycles. The molecule has 0 saturated carbocycles. The summed E-state index contributed by atoms with van der Waals surface area (Å²) in [5.74, 6) is 0.933. The molecule has 2 amide bonds. The third kappa shape index (κ3) is 4.42. The molecule has 7 heteroatoms. The topological polar surface area (TPSA) is 81.1 Å². The summed E-state index contributed by atoms with van der Waals surface area (Å²) in [6, 6.07) is 6.49. The number of piperidine rings is 1. The Hall–Kier alpha value is -2.54. The van der Waals surface area contributed by atoms with Crippen molar-refractivity contribution in [2.45, 2.75) is 25.8 Å². The molecule has 0 spiro atoms. The second kappa shape index (κ2) is 8.43. The van der Waals surface area contributed by atoms with Gasteiger partial charge in [-0.1, -0.05) is 19.1 Å². The van der Waals surface area contributed by atoms with Crippen molar-refractivity contribution in [2.75, 3.05) is 33.9 Å². The van der Waals surface area contributed by atoms with E-state index in [4.69, 9.17) is 9.47 Å². The van der Waals surface area contributed by atoms with Crippen LogP contribution >= 0.6 is 0 Å². The van der Waals surface area contributed by atoms with E-state index >= 15 is 0 Å². The zero-order valence-electron chi connectivity index (χ0n) is 16.1. The maximum Gasteiger partial charge on any atom is 0.338 e. The van der Waals surface area contributed by atoms with Crippen molar-refractivity contribution in [3.05, 3.63) is 41.1 Å². The van der Waals surface area contributed by atoms with E-state index in [1.54, 1.807) is 7.11 Å². The van der Waals surface area contributed by atoms with Gasteiger partial charge in [-0.05, 0) is 30.5 Å². The second-order valence-electron chi connectivity index (χ2n) is 7.32. The minimum absolute atomic E-state index is 0.303. The summed E-state index contributed by atoms with van der Waals surface area (Å²) >= 11 is 0. The molecule has 2 aliphatic rings. The average Bonchev–Trinajstić information content (AvgIpc) is 2.67. The number of hydrogen-bond acceptors (Lipinski definition) is 4. The van der Waals surface area contributed by atoms with Gasteiger partial charge in [-0.15, -0.1) is 0 Å². The van der Waals surface area contributed by atoms with Gasteiger partial charge in [0.2, 0.25) is 0 Å². The Kier molecular flexibility index (Phi) is 6.01. The van der Waals surface area contributed by atoms with Gasteiger partial charge in [0.15, 0.2) is 0 Å². The van der Waals surface area contributed by atoms with E-state index in [0.717, 1.165) is 30.8 Å². The predicted molar refractivity (Wildman–Crippen MR) is 100 cm³/mol. The third-order valence-corrected chi connectivity index (χ3v) is 5.30. The van der Waals surface area contributed by atoms with E-state index in [2.05, 4.69) is 17.6 Å². The number of carbonyl (C=O) groups excluding carboxylic acids is 2. The molecule has 7 nitrogen and oxygen atoms in total. The van der Waals surface area contributed by atoms with Crippen LogP contribution < -0.4 is 20.3 Å². The first-order valence-electron chi connectivity index (χ1n) is 9.38. The zero-order chi connectivity index (χ0) is 19.4. The Morgan fingerprint density at radius 3 is 2.63 bits per heavy atom. The van der Waals surface area contributed by atoms with Crippen molar-refractivity contribution in [1.82, 2.24) is 10.6 Å². The van der Waals surface area contributed by atoms with Crippen LogP contribution in [0.1, 0.15) is 31.4 Å². The van der Waals surface area contributed by atoms with Crippen LogP contribution in [0.3, 0.4) is 0 Å². The van der Waals surface area contributed by atoms with E-state index in [0.29, 0.717) is 23.7 Å². The number of urea groups is 1. The summed E-state index contributed by atoms with van der Waals surface area (Å²) in [6.45, 7) is 4.93. The van der Waals surface area contributed by atoms with Gasteiger partial charge in [0.05, 0.1) is 44.6 Å². The Balaban J connectivity index is 1.94. The minimum Gasteiger partial charge on any atom is -0.497 e. The predicted octanol–water partition coefficient (Wildman–Crippen LogP) is 0.791. The monoisotopic (exact) mass is 374 g/mol. The van der Waals surface area contributed by atoms with Gasteiger partial charge in [-0.3, -0.25) is 0 Å². The van der Waals surface area contributed by atoms with Crippen molar-refractivity contribution in [3.8, 4) is 5.75 Å².